The minimum Gasteiger partial charge on any atom is -0.326 e. The van der Waals surface area contributed by atoms with Gasteiger partial charge in [0.2, 0.25) is 5.91 Å². The molecule has 1 N–H and O–H groups in total. The van der Waals surface area contributed by atoms with Crippen LogP contribution in [0.15, 0.2) is 58.1 Å². The number of hydrogen-bond donors (Lipinski definition) is 1. The Bertz CT molecular complexity index is 1190. The molecule has 0 spiro atoms. The highest BCUT2D eigenvalue weighted by Gasteiger charge is 2.16. The first-order valence-corrected chi connectivity index (χ1v) is 9.62. The summed E-state index contributed by atoms with van der Waals surface area (Å²) in [7, 11) is 3.63. The maximum Gasteiger partial charge on any atom is 0.352 e. The van der Waals surface area contributed by atoms with Gasteiger partial charge in [-0.25, -0.2) is 4.79 Å². The lowest BCUT2D eigenvalue weighted by atomic mass is 10.2. The van der Waals surface area contributed by atoms with E-state index < -0.39 is 11.2 Å². The van der Waals surface area contributed by atoms with E-state index in [1.54, 1.807) is 53.4 Å². The molecule has 0 aliphatic heterocycles. The number of rotatable bonds is 6. The number of nitrogens with zero attached hydrogens (tertiary/aromatic N) is 4. The van der Waals surface area contributed by atoms with E-state index >= 15 is 0 Å². The number of aromatic nitrogens is 3. The standard InChI is InChI=1S/C21H22ClN5O3.ClH/c1-14(28)23-17-5-4-6-18(11-17)27-21(30)26(12-15-7-9-16(22)10-8-15)20(29)19(24-27)13-25(2)3;/h4-11H,12-13H2,1-3H3,(H,23,28);1H. The summed E-state index contributed by atoms with van der Waals surface area (Å²) in [6.07, 6.45) is 0. The molecule has 0 aliphatic rings. The third kappa shape index (κ3) is 6.04. The highest BCUT2D eigenvalue weighted by molar-refractivity contribution is 6.30. The number of carbonyl (C=O) groups excluding carboxylic acids is 1. The van der Waals surface area contributed by atoms with Crippen LogP contribution in [-0.4, -0.2) is 39.3 Å². The van der Waals surface area contributed by atoms with Crippen molar-refractivity contribution in [1.29, 1.82) is 0 Å². The summed E-state index contributed by atoms with van der Waals surface area (Å²) < 4.78 is 2.33. The highest BCUT2D eigenvalue weighted by atomic mass is 35.5. The Balaban J connectivity index is 0.00000341. The van der Waals surface area contributed by atoms with Gasteiger partial charge in [-0.3, -0.25) is 14.2 Å². The summed E-state index contributed by atoms with van der Waals surface area (Å²) >= 11 is 5.94. The van der Waals surface area contributed by atoms with Crippen LogP contribution in [0.1, 0.15) is 18.2 Å². The molecular weight excluding hydrogens is 441 g/mol. The normalized spacial score (nSPS) is 10.6. The second-order valence-corrected chi connectivity index (χ2v) is 7.56. The SMILES string of the molecule is CC(=O)Nc1cccc(-n2nc(CN(C)C)c(=O)n(Cc3ccc(Cl)cc3)c2=O)c1.Cl. The third-order valence-electron chi connectivity index (χ3n) is 4.26. The van der Waals surface area contributed by atoms with Crippen LogP contribution in [0.2, 0.25) is 5.02 Å². The number of nitrogens with one attached hydrogen (secondary N) is 1. The van der Waals surface area contributed by atoms with Crippen molar-refractivity contribution in [3.63, 3.8) is 0 Å². The molecule has 0 atom stereocenters. The average Bonchev–Trinajstić information content (AvgIpc) is 2.68. The molecule has 0 unspecified atom stereocenters. The maximum absolute atomic E-state index is 13.2. The van der Waals surface area contributed by atoms with Gasteiger partial charge < -0.3 is 10.2 Å². The zero-order valence-electron chi connectivity index (χ0n) is 17.3. The Morgan fingerprint density at radius 1 is 1.13 bits per heavy atom. The molecule has 8 nitrogen and oxygen atoms in total. The molecule has 0 bridgehead atoms. The first kappa shape index (κ1) is 24.3. The van der Waals surface area contributed by atoms with Crippen LogP contribution in [0.5, 0.6) is 0 Å². The van der Waals surface area contributed by atoms with E-state index in [-0.39, 0.29) is 37.1 Å². The molecule has 31 heavy (non-hydrogen) atoms. The number of halogens is 2. The molecule has 0 radical (unpaired) electrons. The monoisotopic (exact) mass is 463 g/mol. The van der Waals surface area contributed by atoms with Crippen LogP contribution in [0.25, 0.3) is 5.69 Å². The van der Waals surface area contributed by atoms with Gasteiger partial charge in [-0.2, -0.15) is 9.78 Å². The van der Waals surface area contributed by atoms with Gasteiger partial charge in [0.15, 0.2) is 0 Å². The van der Waals surface area contributed by atoms with Crippen molar-refractivity contribution in [1.82, 2.24) is 19.2 Å². The topological polar surface area (TPSA) is 89.2 Å². The zero-order valence-corrected chi connectivity index (χ0v) is 18.9. The van der Waals surface area contributed by atoms with Crippen molar-refractivity contribution >= 4 is 35.6 Å². The largest absolute Gasteiger partial charge is 0.352 e. The lowest BCUT2D eigenvalue weighted by Gasteiger charge is -2.15. The minimum atomic E-state index is -0.572. The van der Waals surface area contributed by atoms with Gasteiger partial charge in [-0.05, 0) is 50.0 Å². The molecule has 3 aromatic rings. The van der Waals surface area contributed by atoms with Crippen LogP contribution >= 0.6 is 24.0 Å². The van der Waals surface area contributed by atoms with E-state index in [0.29, 0.717) is 16.4 Å². The molecule has 3 rings (SSSR count). The van der Waals surface area contributed by atoms with Gasteiger partial charge in [0.25, 0.3) is 5.56 Å². The second-order valence-electron chi connectivity index (χ2n) is 7.13. The molecule has 1 aromatic heterocycles. The number of benzene rings is 2. The molecule has 0 fully saturated rings. The summed E-state index contributed by atoms with van der Waals surface area (Å²) in [5.74, 6) is -0.228. The lowest BCUT2D eigenvalue weighted by molar-refractivity contribution is -0.114. The van der Waals surface area contributed by atoms with Gasteiger partial charge in [0, 0.05) is 24.2 Å². The van der Waals surface area contributed by atoms with E-state index in [1.165, 1.54) is 11.6 Å². The highest BCUT2D eigenvalue weighted by Crippen LogP contribution is 2.13. The lowest BCUT2D eigenvalue weighted by Crippen LogP contribution is -2.44. The van der Waals surface area contributed by atoms with Crippen molar-refractivity contribution in [2.75, 3.05) is 19.4 Å². The van der Waals surface area contributed by atoms with Gasteiger partial charge in [-0.15, -0.1) is 12.4 Å². The first-order chi connectivity index (χ1) is 14.2. The van der Waals surface area contributed by atoms with Gasteiger partial charge in [0.05, 0.1) is 12.2 Å². The first-order valence-electron chi connectivity index (χ1n) is 9.25. The van der Waals surface area contributed by atoms with Crippen LogP contribution in [0.3, 0.4) is 0 Å². The minimum absolute atomic E-state index is 0. The quantitative estimate of drug-likeness (QED) is 0.606. The van der Waals surface area contributed by atoms with E-state index in [1.807, 2.05) is 14.1 Å². The van der Waals surface area contributed by atoms with E-state index in [4.69, 9.17) is 11.6 Å². The average molecular weight is 464 g/mol. The number of hydrogen-bond acceptors (Lipinski definition) is 5. The van der Waals surface area contributed by atoms with Crippen molar-refractivity contribution in [3.05, 3.63) is 85.6 Å². The van der Waals surface area contributed by atoms with Crippen molar-refractivity contribution < 1.29 is 4.79 Å². The predicted molar refractivity (Wildman–Crippen MR) is 124 cm³/mol. The molecular formula is C21H23Cl2N5O3. The Kier molecular flexibility index (Phi) is 8.15. The molecule has 1 heterocycles. The Hall–Kier alpha value is -2.94. The molecule has 10 heteroatoms. The van der Waals surface area contributed by atoms with Gasteiger partial charge in [-0.1, -0.05) is 29.8 Å². The fraction of sp³-hybridized carbons (Fsp3) is 0.238. The van der Waals surface area contributed by atoms with E-state index in [0.717, 1.165) is 10.1 Å². The summed E-state index contributed by atoms with van der Waals surface area (Å²) in [4.78, 5) is 39.3. The molecule has 164 valence electrons. The third-order valence-corrected chi connectivity index (χ3v) is 4.51. The maximum atomic E-state index is 13.2. The van der Waals surface area contributed by atoms with Crippen LogP contribution in [0, 0.1) is 0 Å². The predicted octanol–water partition coefficient (Wildman–Crippen LogP) is 2.54. The van der Waals surface area contributed by atoms with Crippen molar-refractivity contribution in [2.45, 2.75) is 20.0 Å². The van der Waals surface area contributed by atoms with Gasteiger partial charge in [0.1, 0.15) is 5.69 Å². The number of carbonyl (C=O) groups is 1. The Morgan fingerprint density at radius 3 is 2.42 bits per heavy atom. The molecule has 2 aromatic carbocycles. The summed E-state index contributed by atoms with van der Waals surface area (Å²) in [6, 6.07) is 13.7. The second kappa shape index (κ2) is 10.4. The van der Waals surface area contributed by atoms with Crippen molar-refractivity contribution in [3.8, 4) is 5.69 Å². The van der Waals surface area contributed by atoms with Gasteiger partial charge >= 0.3 is 5.69 Å². The smallest absolute Gasteiger partial charge is 0.326 e. The summed E-state index contributed by atoms with van der Waals surface area (Å²) in [5, 5.41) is 7.57. The van der Waals surface area contributed by atoms with Crippen LogP contribution in [0.4, 0.5) is 5.69 Å². The fourth-order valence-electron chi connectivity index (χ4n) is 2.96. The van der Waals surface area contributed by atoms with Crippen LogP contribution in [-0.2, 0) is 17.9 Å². The molecule has 0 aliphatic carbocycles. The number of amides is 1. The Morgan fingerprint density at radius 2 is 1.81 bits per heavy atom. The van der Waals surface area contributed by atoms with E-state index in [9.17, 15) is 14.4 Å². The Labute approximate surface area is 190 Å². The fourth-order valence-corrected chi connectivity index (χ4v) is 3.09. The molecule has 1 amide bonds. The zero-order chi connectivity index (χ0) is 21.8. The molecule has 0 saturated carbocycles. The van der Waals surface area contributed by atoms with E-state index in [2.05, 4.69) is 10.4 Å². The summed E-state index contributed by atoms with van der Waals surface area (Å²) in [5.41, 5.74) is 0.947. The molecule has 0 saturated heterocycles. The van der Waals surface area contributed by atoms with Crippen molar-refractivity contribution in [2.24, 2.45) is 0 Å². The summed E-state index contributed by atoms with van der Waals surface area (Å²) in [6.45, 7) is 1.76. The van der Waals surface area contributed by atoms with Crippen LogP contribution < -0.4 is 16.6 Å². The number of anilines is 1.